The monoisotopic (exact) mass is 271 g/mol. The van der Waals surface area contributed by atoms with E-state index in [1.165, 1.54) is 28.8 Å². The van der Waals surface area contributed by atoms with Gasteiger partial charge in [0.15, 0.2) is 23.0 Å². The maximum Gasteiger partial charge on any atom is 0.337 e. The van der Waals surface area contributed by atoms with Crippen molar-refractivity contribution >= 4 is 11.6 Å². The Balaban J connectivity index is 2.28. The molecule has 0 saturated heterocycles. The fourth-order valence-corrected chi connectivity index (χ4v) is 1.91. The highest BCUT2D eigenvalue weighted by Crippen LogP contribution is 2.35. The number of phenols is 2. The van der Waals surface area contributed by atoms with Gasteiger partial charge in [-0.3, -0.25) is 4.40 Å². The second-order valence-electron chi connectivity index (χ2n) is 4.15. The number of hydrogen-bond donors (Lipinski definition) is 3. The minimum atomic E-state index is -1.08. The summed E-state index contributed by atoms with van der Waals surface area (Å²) in [7, 11) is 0. The van der Waals surface area contributed by atoms with Crippen molar-refractivity contribution in [3.63, 3.8) is 0 Å². The molecule has 3 N–H and O–H groups in total. The summed E-state index contributed by atoms with van der Waals surface area (Å²) in [6.07, 6.45) is 1.36. The lowest BCUT2D eigenvalue weighted by Crippen LogP contribution is -1.99. The van der Waals surface area contributed by atoms with Gasteiger partial charge in [0.05, 0.1) is 11.1 Å². The molecule has 7 heteroatoms. The van der Waals surface area contributed by atoms with Crippen LogP contribution in [0.2, 0.25) is 0 Å². The maximum atomic E-state index is 11.0. The Hall–Kier alpha value is -3.09. The molecule has 0 amide bonds. The number of nitrogens with zero attached hydrogens (tertiary/aromatic N) is 3. The van der Waals surface area contributed by atoms with Gasteiger partial charge in [-0.2, -0.15) is 0 Å². The van der Waals surface area contributed by atoms with E-state index in [9.17, 15) is 15.0 Å². The molecule has 2 aromatic heterocycles. The molecule has 2 heterocycles. The zero-order valence-corrected chi connectivity index (χ0v) is 10.1. The number of para-hydroxylation sites is 1. The van der Waals surface area contributed by atoms with Crippen molar-refractivity contribution in [2.45, 2.75) is 0 Å². The van der Waals surface area contributed by atoms with Crippen LogP contribution in [0.4, 0.5) is 0 Å². The molecular weight excluding hydrogens is 262 g/mol. The Morgan fingerprint density at radius 2 is 1.90 bits per heavy atom. The number of aromatic carboxylic acids is 1. The van der Waals surface area contributed by atoms with Crippen molar-refractivity contribution in [1.82, 2.24) is 14.6 Å². The average molecular weight is 271 g/mol. The van der Waals surface area contributed by atoms with Gasteiger partial charge in [-0.1, -0.05) is 6.07 Å². The number of aromatic hydroxyl groups is 2. The third-order valence-electron chi connectivity index (χ3n) is 2.90. The van der Waals surface area contributed by atoms with E-state index in [0.29, 0.717) is 5.65 Å². The molecule has 3 rings (SSSR count). The minimum absolute atomic E-state index is 0.0678. The second-order valence-corrected chi connectivity index (χ2v) is 4.15. The van der Waals surface area contributed by atoms with Crippen molar-refractivity contribution < 1.29 is 20.1 Å². The highest BCUT2D eigenvalue weighted by Gasteiger charge is 2.15. The lowest BCUT2D eigenvalue weighted by molar-refractivity contribution is 0.0696. The SMILES string of the molecule is O=C(O)c1ccc2nnc(-c3cccc(O)c3O)n2c1. The molecule has 20 heavy (non-hydrogen) atoms. The van der Waals surface area contributed by atoms with E-state index < -0.39 is 5.97 Å². The number of pyridine rings is 1. The molecule has 100 valence electrons. The molecule has 0 aliphatic heterocycles. The number of fused-ring (bicyclic) bond motifs is 1. The van der Waals surface area contributed by atoms with E-state index in [2.05, 4.69) is 10.2 Å². The van der Waals surface area contributed by atoms with Gasteiger partial charge in [0, 0.05) is 6.20 Å². The van der Waals surface area contributed by atoms with Crippen LogP contribution in [0.1, 0.15) is 10.4 Å². The van der Waals surface area contributed by atoms with Crippen LogP contribution in [0.5, 0.6) is 11.5 Å². The van der Waals surface area contributed by atoms with Gasteiger partial charge >= 0.3 is 5.97 Å². The summed E-state index contributed by atoms with van der Waals surface area (Å²) in [4.78, 5) is 11.0. The normalized spacial score (nSPS) is 10.8. The van der Waals surface area contributed by atoms with Gasteiger partial charge in [0.2, 0.25) is 0 Å². The van der Waals surface area contributed by atoms with Gasteiger partial charge in [-0.05, 0) is 24.3 Å². The summed E-state index contributed by atoms with van der Waals surface area (Å²) in [5.74, 6) is -1.45. The molecule has 0 atom stereocenters. The molecule has 0 radical (unpaired) electrons. The molecule has 0 saturated carbocycles. The predicted molar refractivity (Wildman–Crippen MR) is 68.7 cm³/mol. The van der Waals surface area contributed by atoms with Crippen molar-refractivity contribution in [3.05, 3.63) is 42.1 Å². The first-order valence-electron chi connectivity index (χ1n) is 5.67. The number of phenolic OH excluding ortho intramolecular Hbond substituents is 2. The van der Waals surface area contributed by atoms with E-state index >= 15 is 0 Å². The summed E-state index contributed by atoms with van der Waals surface area (Å²) in [5.41, 5.74) is 0.769. The lowest BCUT2D eigenvalue weighted by Gasteiger charge is -2.05. The molecule has 3 aromatic rings. The first kappa shape index (κ1) is 12.0. The zero-order valence-electron chi connectivity index (χ0n) is 10.1. The highest BCUT2D eigenvalue weighted by atomic mass is 16.4. The average Bonchev–Trinajstić information content (AvgIpc) is 2.84. The number of carboxylic acid groups (broad SMARTS) is 1. The minimum Gasteiger partial charge on any atom is -0.504 e. The summed E-state index contributed by atoms with van der Waals surface area (Å²) < 4.78 is 1.44. The van der Waals surface area contributed by atoms with Gasteiger partial charge in [0.1, 0.15) is 0 Å². The molecular formula is C13H9N3O4. The summed E-state index contributed by atoms with van der Waals surface area (Å²) in [5, 5.41) is 36.2. The largest absolute Gasteiger partial charge is 0.504 e. The Morgan fingerprint density at radius 1 is 1.10 bits per heavy atom. The van der Waals surface area contributed by atoms with Crippen LogP contribution in [0, 0.1) is 0 Å². The van der Waals surface area contributed by atoms with E-state index in [1.807, 2.05) is 0 Å². The molecule has 0 spiro atoms. The highest BCUT2D eigenvalue weighted by molar-refractivity contribution is 5.87. The first-order chi connectivity index (χ1) is 9.58. The van der Waals surface area contributed by atoms with E-state index in [-0.39, 0.29) is 28.5 Å². The standard InChI is InChI=1S/C13H9N3O4/c17-9-3-1-2-8(11(9)18)12-15-14-10-5-4-7(13(19)20)6-16(10)12/h1-6,17-18H,(H,19,20). The smallest absolute Gasteiger partial charge is 0.337 e. The molecule has 0 aliphatic rings. The Morgan fingerprint density at radius 3 is 2.65 bits per heavy atom. The summed E-state index contributed by atoms with van der Waals surface area (Å²) in [6.45, 7) is 0. The van der Waals surface area contributed by atoms with E-state index in [0.717, 1.165) is 0 Å². The van der Waals surface area contributed by atoms with Gasteiger partial charge < -0.3 is 15.3 Å². The van der Waals surface area contributed by atoms with Crippen LogP contribution >= 0.6 is 0 Å². The number of carboxylic acids is 1. The number of carbonyl (C=O) groups is 1. The van der Waals surface area contributed by atoms with Crippen molar-refractivity contribution in [2.24, 2.45) is 0 Å². The van der Waals surface area contributed by atoms with E-state index in [1.54, 1.807) is 12.1 Å². The van der Waals surface area contributed by atoms with Gasteiger partial charge in [-0.15, -0.1) is 10.2 Å². The molecule has 0 bridgehead atoms. The van der Waals surface area contributed by atoms with Crippen molar-refractivity contribution in [3.8, 4) is 22.9 Å². The van der Waals surface area contributed by atoms with Gasteiger partial charge in [0.25, 0.3) is 0 Å². The van der Waals surface area contributed by atoms with Crippen molar-refractivity contribution in [2.75, 3.05) is 0 Å². The number of hydrogen-bond acceptors (Lipinski definition) is 5. The Kier molecular flexibility index (Phi) is 2.53. The van der Waals surface area contributed by atoms with Crippen LogP contribution in [0.3, 0.4) is 0 Å². The maximum absolute atomic E-state index is 11.0. The molecule has 7 nitrogen and oxygen atoms in total. The number of rotatable bonds is 2. The predicted octanol–water partition coefficient (Wildman–Crippen LogP) is 1.51. The lowest BCUT2D eigenvalue weighted by atomic mass is 10.1. The zero-order chi connectivity index (χ0) is 14.3. The molecule has 1 aromatic carbocycles. The van der Waals surface area contributed by atoms with Crippen LogP contribution in [0.25, 0.3) is 17.0 Å². The molecule has 0 unspecified atom stereocenters. The first-order valence-corrected chi connectivity index (χ1v) is 5.67. The third-order valence-corrected chi connectivity index (χ3v) is 2.90. The molecule has 0 fully saturated rings. The number of aromatic nitrogens is 3. The summed E-state index contributed by atoms with van der Waals surface area (Å²) >= 11 is 0. The molecule has 0 aliphatic carbocycles. The number of benzene rings is 1. The summed E-state index contributed by atoms with van der Waals surface area (Å²) in [6, 6.07) is 7.37. The Labute approximate surface area is 112 Å². The van der Waals surface area contributed by atoms with Crippen molar-refractivity contribution in [1.29, 1.82) is 0 Å². The van der Waals surface area contributed by atoms with E-state index in [4.69, 9.17) is 5.11 Å². The quantitative estimate of drug-likeness (QED) is 0.610. The fourth-order valence-electron chi connectivity index (χ4n) is 1.91. The fraction of sp³-hybridized carbons (Fsp3) is 0. The van der Waals surface area contributed by atoms with Crippen LogP contribution < -0.4 is 0 Å². The van der Waals surface area contributed by atoms with Crippen LogP contribution in [-0.2, 0) is 0 Å². The topological polar surface area (TPSA) is 108 Å². The van der Waals surface area contributed by atoms with Gasteiger partial charge in [-0.25, -0.2) is 4.79 Å². The van der Waals surface area contributed by atoms with Crippen LogP contribution in [0.15, 0.2) is 36.5 Å². The second kappa shape index (κ2) is 4.23. The third kappa shape index (κ3) is 1.72. The Bertz CT molecular complexity index is 826. The van der Waals surface area contributed by atoms with Crippen LogP contribution in [-0.4, -0.2) is 35.9 Å².